The van der Waals surface area contributed by atoms with Crippen LogP contribution >= 0.6 is 0 Å². The minimum atomic E-state index is -0.829. The second kappa shape index (κ2) is 9.73. The Hall–Kier alpha value is -4.64. The van der Waals surface area contributed by atoms with Crippen LogP contribution in [0.1, 0.15) is 31.0 Å². The van der Waals surface area contributed by atoms with Crippen molar-refractivity contribution in [1.29, 1.82) is 0 Å². The number of hydrogen-bond acceptors (Lipinski definition) is 7. The van der Waals surface area contributed by atoms with Gasteiger partial charge in [-0.1, -0.05) is 19.9 Å². The monoisotopic (exact) mass is 570 g/mol. The first-order chi connectivity index (χ1) is 20.3. The van der Waals surface area contributed by atoms with Crippen molar-refractivity contribution >= 4 is 27.5 Å². The van der Waals surface area contributed by atoms with Crippen LogP contribution in [0.15, 0.2) is 52.3 Å². The molecule has 1 fully saturated rings. The van der Waals surface area contributed by atoms with Crippen LogP contribution in [0.4, 0.5) is 14.6 Å². The second-order valence-corrected chi connectivity index (χ2v) is 11.1. The number of nitrogens with zero attached hydrogens (tertiary/aromatic N) is 4. The van der Waals surface area contributed by atoms with E-state index in [-0.39, 0.29) is 46.3 Å². The number of fused-ring (bicyclic) bond motifs is 3. The predicted octanol–water partition coefficient (Wildman–Crippen LogP) is 4.17. The number of nitrogens with one attached hydrogen (secondary N) is 2. The van der Waals surface area contributed by atoms with Crippen LogP contribution in [0.5, 0.6) is 5.75 Å². The highest BCUT2D eigenvalue weighted by Gasteiger charge is 2.35. The Balaban J connectivity index is 1.68. The van der Waals surface area contributed by atoms with Gasteiger partial charge in [0.15, 0.2) is 11.6 Å². The molecule has 2 aromatic carbocycles. The van der Waals surface area contributed by atoms with E-state index in [0.29, 0.717) is 47.6 Å². The molecule has 1 saturated heterocycles. The fourth-order valence-electron chi connectivity index (χ4n) is 6.23. The molecule has 3 aromatic heterocycles. The van der Waals surface area contributed by atoms with Crippen LogP contribution in [-0.4, -0.2) is 51.8 Å². The molecule has 214 valence electrons. The molecule has 7 rings (SSSR count). The van der Waals surface area contributed by atoms with Crippen LogP contribution in [0.25, 0.3) is 38.5 Å². The maximum absolute atomic E-state index is 16.8. The highest BCUT2D eigenvalue weighted by atomic mass is 19.1. The van der Waals surface area contributed by atoms with Gasteiger partial charge in [-0.15, -0.1) is 0 Å². The van der Waals surface area contributed by atoms with Crippen molar-refractivity contribution in [2.45, 2.75) is 32.7 Å². The third-order valence-corrected chi connectivity index (χ3v) is 8.18. The normalized spacial score (nSPS) is 16.5. The van der Waals surface area contributed by atoms with Crippen molar-refractivity contribution in [3.8, 4) is 22.6 Å². The molecule has 0 saturated carbocycles. The number of pyridine rings is 2. The predicted molar refractivity (Wildman–Crippen MR) is 157 cm³/mol. The standard InChI is InChI=1S/C31H28F2N6O3/c1-15(2)26-27(16(3)6-8-35-26)39-21-12-19(23-20(32)5-4-17-7-9-36-30(40)22(17)23)25(33)28-24(21)29(37-31(39)41)38-11-10-34-13-18(38)14-42-28/h4-9,12,15,18,34H,10-11,13-14H2,1-3H3,(H,36,40)/t18-/m1/s1. The van der Waals surface area contributed by atoms with Gasteiger partial charge in [0.2, 0.25) is 0 Å². The fourth-order valence-corrected chi connectivity index (χ4v) is 6.23. The highest BCUT2D eigenvalue weighted by Crippen LogP contribution is 2.44. The molecule has 9 nitrogen and oxygen atoms in total. The van der Waals surface area contributed by atoms with Gasteiger partial charge in [0, 0.05) is 43.2 Å². The van der Waals surface area contributed by atoms with E-state index >= 15 is 8.78 Å². The van der Waals surface area contributed by atoms with Gasteiger partial charge in [0.05, 0.1) is 33.7 Å². The summed E-state index contributed by atoms with van der Waals surface area (Å²) in [6, 6.07) is 7.34. The summed E-state index contributed by atoms with van der Waals surface area (Å²) in [4.78, 5) is 40.7. The number of ether oxygens (including phenoxy) is 1. The third-order valence-electron chi connectivity index (χ3n) is 8.18. The summed E-state index contributed by atoms with van der Waals surface area (Å²) in [5.41, 5.74) is 0.709. The van der Waals surface area contributed by atoms with Gasteiger partial charge in [-0.2, -0.15) is 4.98 Å². The molecule has 11 heteroatoms. The number of halogens is 2. The van der Waals surface area contributed by atoms with Gasteiger partial charge in [-0.25, -0.2) is 13.6 Å². The van der Waals surface area contributed by atoms with Gasteiger partial charge in [-0.05, 0) is 48.1 Å². The zero-order valence-electron chi connectivity index (χ0n) is 23.3. The number of hydrogen-bond donors (Lipinski definition) is 2. The molecular weight excluding hydrogens is 542 g/mol. The van der Waals surface area contributed by atoms with Crippen molar-refractivity contribution in [1.82, 2.24) is 24.8 Å². The molecule has 0 unspecified atom stereocenters. The molecule has 0 radical (unpaired) electrons. The van der Waals surface area contributed by atoms with Crippen LogP contribution in [0.3, 0.4) is 0 Å². The minimum Gasteiger partial charge on any atom is -0.487 e. The number of aromatic nitrogens is 4. The van der Waals surface area contributed by atoms with Gasteiger partial charge in [-0.3, -0.25) is 14.3 Å². The van der Waals surface area contributed by atoms with Gasteiger partial charge < -0.3 is 19.9 Å². The number of rotatable bonds is 3. The zero-order valence-corrected chi connectivity index (χ0v) is 23.3. The summed E-state index contributed by atoms with van der Waals surface area (Å²) in [6.45, 7) is 7.68. The molecule has 1 atom stereocenters. The largest absolute Gasteiger partial charge is 0.487 e. The number of piperazine rings is 1. The SMILES string of the molecule is Cc1ccnc(C(C)C)c1-n1c(=O)nc2c3c(c(F)c(-c4c(F)ccc5cc[nH]c(=O)c45)cc31)OC[C@H]1CNCCN21. The number of aryl methyl sites for hydroxylation is 1. The van der Waals surface area contributed by atoms with Crippen LogP contribution < -0.4 is 26.2 Å². The molecule has 5 aromatic rings. The Labute approximate surface area is 238 Å². The highest BCUT2D eigenvalue weighted by molar-refractivity contribution is 6.03. The van der Waals surface area contributed by atoms with Gasteiger partial charge in [0.1, 0.15) is 18.2 Å². The van der Waals surface area contributed by atoms with E-state index in [2.05, 4.69) is 20.3 Å². The quantitative estimate of drug-likeness (QED) is 0.336. The molecule has 2 aliphatic heterocycles. The van der Waals surface area contributed by atoms with Gasteiger partial charge in [0.25, 0.3) is 5.56 Å². The van der Waals surface area contributed by atoms with Crippen LogP contribution in [-0.2, 0) is 0 Å². The first kappa shape index (κ1) is 26.3. The first-order valence-corrected chi connectivity index (χ1v) is 13.9. The lowest BCUT2D eigenvalue weighted by molar-refractivity contribution is 0.264. The summed E-state index contributed by atoms with van der Waals surface area (Å²) in [7, 11) is 0. The Morgan fingerprint density at radius 1 is 1.12 bits per heavy atom. The first-order valence-electron chi connectivity index (χ1n) is 13.9. The Bertz CT molecular complexity index is 2040. The minimum absolute atomic E-state index is 0.00166. The second-order valence-electron chi connectivity index (χ2n) is 11.1. The average Bonchev–Trinajstić information content (AvgIpc) is 3.13. The van der Waals surface area contributed by atoms with Crippen LogP contribution in [0, 0.1) is 18.6 Å². The molecular formula is C31H28F2N6O3. The topological polar surface area (TPSA) is 105 Å². The third kappa shape index (κ3) is 3.83. The maximum atomic E-state index is 16.8. The maximum Gasteiger partial charge on any atom is 0.354 e. The van der Waals surface area contributed by atoms with Crippen LogP contribution in [0.2, 0.25) is 0 Å². The lowest BCUT2D eigenvalue weighted by Crippen LogP contribution is -2.54. The van der Waals surface area contributed by atoms with E-state index in [1.807, 2.05) is 25.7 Å². The fraction of sp³-hybridized carbons (Fsp3) is 0.290. The molecule has 42 heavy (non-hydrogen) atoms. The zero-order chi connectivity index (χ0) is 29.3. The molecule has 0 aliphatic carbocycles. The van der Waals surface area contributed by atoms with Crippen molar-refractivity contribution in [2.24, 2.45) is 0 Å². The van der Waals surface area contributed by atoms with Crippen molar-refractivity contribution < 1.29 is 13.5 Å². The van der Waals surface area contributed by atoms with E-state index in [1.165, 1.54) is 29.0 Å². The number of anilines is 1. The van der Waals surface area contributed by atoms with E-state index in [0.717, 1.165) is 5.56 Å². The molecule has 5 heterocycles. The molecule has 2 aliphatic rings. The average molecular weight is 571 g/mol. The lowest BCUT2D eigenvalue weighted by atomic mass is 9.96. The molecule has 2 N–H and O–H groups in total. The van der Waals surface area contributed by atoms with E-state index in [9.17, 15) is 9.59 Å². The summed E-state index contributed by atoms with van der Waals surface area (Å²) in [5, 5.41) is 4.07. The van der Waals surface area contributed by atoms with Crippen molar-refractivity contribution in [3.05, 3.63) is 86.5 Å². The van der Waals surface area contributed by atoms with E-state index in [4.69, 9.17) is 4.74 Å². The van der Waals surface area contributed by atoms with Crippen molar-refractivity contribution in [3.63, 3.8) is 0 Å². The summed E-state index contributed by atoms with van der Waals surface area (Å²) in [6.07, 6.45) is 3.14. The Morgan fingerprint density at radius 3 is 2.76 bits per heavy atom. The van der Waals surface area contributed by atoms with Gasteiger partial charge >= 0.3 is 5.69 Å². The molecule has 0 bridgehead atoms. The number of benzene rings is 2. The lowest BCUT2D eigenvalue weighted by Gasteiger charge is -2.35. The number of aromatic amines is 1. The summed E-state index contributed by atoms with van der Waals surface area (Å²) in [5.74, 6) is -1.47. The molecule has 0 spiro atoms. The molecule has 0 amide bonds. The smallest absolute Gasteiger partial charge is 0.354 e. The Kier molecular flexibility index (Phi) is 6.09. The van der Waals surface area contributed by atoms with Crippen molar-refractivity contribution in [2.75, 3.05) is 31.1 Å². The Morgan fingerprint density at radius 2 is 1.95 bits per heavy atom. The summed E-state index contributed by atoms with van der Waals surface area (Å²) >= 11 is 0. The van der Waals surface area contributed by atoms with E-state index < -0.39 is 22.9 Å². The summed E-state index contributed by atoms with van der Waals surface area (Å²) < 4.78 is 40.0. The van der Waals surface area contributed by atoms with E-state index in [1.54, 1.807) is 18.3 Å². The number of H-pyrrole nitrogens is 1.